The van der Waals surface area contributed by atoms with Gasteiger partial charge in [-0.15, -0.1) is 0 Å². The molecule has 2 aliphatic rings. The van der Waals surface area contributed by atoms with Crippen molar-refractivity contribution in [2.24, 2.45) is 17.8 Å². The molecule has 2 rings (SSSR count). The van der Waals surface area contributed by atoms with Crippen molar-refractivity contribution in [2.45, 2.75) is 84.1 Å². The van der Waals surface area contributed by atoms with Gasteiger partial charge in [0.2, 0.25) is 0 Å². The van der Waals surface area contributed by atoms with E-state index in [0.717, 1.165) is 17.8 Å². The maximum atomic E-state index is 4.03. The van der Waals surface area contributed by atoms with E-state index in [1.54, 1.807) is 0 Å². The molecule has 1 saturated carbocycles. The first-order valence-electron chi connectivity index (χ1n) is 8.45. The fourth-order valence-corrected chi connectivity index (χ4v) is 4.74. The summed E-state index contributed by atoms with van der Waals surface area (Å²) >= 11 is 0. The van der Waals surface area contributed by atoms with Gasteiger partial charge >= 0.3 is 0 Å². The average Bonchev–Trinajstić information content (AvgIpc) is 2.65. The van der Waals surface area contributed by atoms with Crippen molar-refractivity contribution in [3.05, 3.63) is 0 Å². The van der Waals surface area contributed by atoms with Crippen LogP contribution in [0.1, 0.15) is 78.6 Å². The van der Waals surface area contributed by atoms with Crippen LogP contribution in [0.3, 0.4) is 0 Å². The monoisotopic (exact) mass is 251 g/mol. The Kier molecular flexibility index (Phi) is 5.12. The first kappa shape index (κ1) is 14.4. The van der Waals surface area contributed by atoms with E-state index in [-0.39, 0.29) is 0 Å². The van der Waals surface area contributed by atoms with Crippen LogP contribution in [-0.2, 0) is 0 Å². The standard InChI is InChI=1S/C17H33N/c1-4-15-10-6-7-11-16(15)17(14(2)3)12-8-5-9-13-18-17/h14-16,18H,4-13H2,1-3H3. The maximum Gasteiger partial charge on any atom is 0.0235 e. The van der Waals surface area contributed by atoms with Gasteiger partial charge in [-0.25, -0.2) is 0 Å². The lowest BCUT2D eigenvalue weighted by Gasteiger charge is -2.50. The van der Waals surface area contributed by atoms with Crippen LogP contribution < -0.4 is 5.32 Å². The molecule has 1 aliphatic carbocycles. The number of hydrogen-bond acceptors (Lipinski definition) is 1. The second-order valence-electron chi connectivity index (χ2n) is 6.99. The summed E-state index contributed by atoms with van der Waals surface area (Å²) in [5.74, 6) is 2.70. The Labute approximate surface area is 114 Å². The highest BCUT2D eigenvalue weighted by molar-refractivity contribution is 5.01. The van der Waals surface area contributed by atoms with Crippen LogP contribution in [0.15, 0.2) is 0 Å². The first-order chi connectivity index (χ1) is 8.70. The molecule has 1 heterocycles. The van der Waals surface area contributed by atoms with Crippen molar-refractivity contribution in [1.82, 2.24) is 5.32 Å². The quantitative estimate of drug-likeness (QED) is 0.762. The summed E-state index contributed by atoms with van der Waals surface area (Å²) in [7, 11) is 0. The minimum Gasteiger partial charge on any atom is -0.311 e. The van der Waals surface area contributed by atoms with Crippen LogP contribution in [0, 0.1) is 17.8 Å². The molecule has 3 unspecified atom stereocenters. The molecule has 0 aromatic heterocycles. The molecule has 1 heteroatoms. The summed E-state index contributed by atoms with van der Waals surface area (Å²) in [6.07, 6.45) is 13.0. The summed E-state index contributed by atoms with van der Waals surface area (Å²) in [6.45, 7) is 8.58. The fourth-order valence-electron chi connectivity index (χ4n) is 4.74. The number of hydrogen-bond donors (Lipinski definition) is 1. The van der Waals surface area contributed by atoms with Gasteiger partial charge in [0, 0.05) is 5.54 Å². The molecular weight excluding hydrogens is 218 g/mol. The molecule has 0 aromatic carbocycles. The fraction of sp³-hybridized carbons (Fsp3) is 1.00. The molecule has 1 aliphatic heterocycles. The van der Waals surface area contributed by atoms with Crippen LogP contribution in [0.25, 0.3) is 0 Å². The topological polar surface area (TPSA) is 12.0 Å². The molecule has 2 fully saturated rings. The van der Waals surface area contributed by atoms with E-state index in [1.165, 1.54) is 64.3 Å². The summed E-state index contributed by atoms with van der Waals surface area (Å²) in [4.78, 5) is 0. The molecule has 0 spiro atoms. The van der Waals surface area contributed by atoms with Gasteiger partial charge < -0.3 is 5.32 Å². The number of nitrogens with one attached hydrogen (secondary N) is 1. The molecule has 0 aromatic rings. The third-order valence-corrected chi connectivity index (χ3v) is 5.85. The molecule has 3 atom stereocenters. The highest BCUT2D eigenvalue weighted by Gasteiger charge is 2.44. The summed E-state index contributed by atoms with van der Waals surface area (Å²) in [5, 5.41) is 4.03. The highest BCUT2D eigenvalue weighted by Crippen LogP contribution is 2.45. The molecule has 0 bridgehead atoms. The predicted molar refractivity (Wildman–Crippen MR) is 79.8 cm³/mol. The SMILES string of the molecule is CCC1CCCCC1C1(C(C)C)CCCCCN1. The Balaban J connectivity index is 2.20. The van der Waals surface area contributed by atoms with Gasteiger partial charge in [0.25, 0.3) is 0 Å². The van der Waals surface area contributed by atoms with Gasteiger partial charge in [0.15, 0.2) is 0 Å². The van der Waals surface area contributed by atoms with Crippen molar-refractivity contribution in [1.29, 1.82) is 0 Å². The van der Waals surface area contributed by atoms with Crippen molar-refractivity contribution in [2.75, 3.05) is 6.54 Å². The minimum atomic E-state index is 0.456. The molecule has 0 radical (unpaired) electrons. The zero-order valence-electron chi connectivity index (χ0n) is 12.8. The van der Waals surface area contributed by atoms with Gasteiger partial charge in [-0.05, 0) is 43.6 Å². The highest BCUT2D eigenvalue weighted by atomic mass is 15.0. The zero-order valence-corrected chi connectivity index (χ0v) is 12.8. The van der Waals surface area contributed by atoms with E-state index >= 15 is 0 Å². The lowest BCUT2D eigenvalue weighted by molar-refractivity contribution is 0.0554. The average molecular weight is 251 g/mol. The molecule has 1 nitrogen and oxygen atoms in total. The minimum absolute atomic E-state index is 0.456. The Hall–Kier alpha value is -0.0400. The van der Waals surface area contributed by atoms with Crippen molar-refractivity contribution >= 4 is 0 Å². The lowest BCUT2D eigenvalue weighted by atomic mass is 9.62. The Morgan fingerprint density at radius 3 is 2.56 bits per heavy atom. The third kappa shape index (κ3) is 2.76. The van der Waals surface area contributed by atoms with Gasteiger partial charge in [-0.3, -0.25) is 0 Å². The van der Waals surface area contributed by atoms with E-state index in [9.17, 15) is 0 Å². The van der Waals surface area contributed by atoms with E-state index in [4.69, 9.17) is 0 Å². The van der Waals surface area contributed by atoms with Crippen molar-refractivity contribution in [3.8, 4) is 0 Å². The molecule has 0 amide bonds. The summed E-state index contributed by atoms with van der Waals surface area (Å²) in [6, 6.07) is 0. The molecule has 18 heavy (non-hydrogen) atoms. The van der Waals surface area contributed by atoms with Gasteiger partial charge in [0.05, 0.1) is 0 Å². The Bertz CT molecular complexity index is 238. The third-order valence-electron chi connectivity index (χ3n) is 5.85. The van der Waals surface area contributed by atoms with Crippen LogP contribution >= 0.6 is 0 Å². The van der Waals surface area contributed by atoms with Gasteiger partial charge in [0.1, 0.15) is 0 Å². The smallest absolute Gasteiger partial charge is 0.0235 e. The van der Waals surface area contributed by atoms with Crippen LogP contribution in [0.2, 0.25) is 0 Å². The molecular formula is C17H33N. The first-order valence-corrected chi connectivity index (χ1v) is 8.45. The Morgan fingerprint density at radius 2 is 1.83 bits per heavy atom. The van der Waals surface area contributed by atoms with Gasteiger partial charge in [-0.2, -0.15) is 0 Å². The van der Waals surface area contributed by atoms with Crippen LogP contribution in [-0.4, -0.2) is 12.1 Å². The Morgan fingerprint density at radius 1 is 1.06 bits per heavy atom. The second kappa shape index (κ2) is 6.41. The van der Waals surface area contributed by atoms with Crippen LogP contribution in [0.4, 0.5) is 0 Å². The lowest BCUT2D eigenvalue weighted by Crippen LogP contribution is -2.57. The van der Waals surface area contributed by atoms with Crippen molar-refractivity contribution in [3.63, 3.8) is 0 Å². The number of rotatable bonds is 3. The largest absolute Gasteiger partial charge is 0.311 e. The molecule has 1 N–H and O–H groups in total. The zero-order chi connectivity index (χ0) is 13.0. The van der Waals surface area contributed by atoms with Gasteiger partial charge in [-0.1, -0.05) is 59.3 Å². The normalized spacial score (nSPS) is 38.7. The van der Waals surface area contributed by atoms with E-state index < -0.39 is 0 Å². The van der Waals surface area contributed by atoms with Crippen LogP contribution in [0.5, 0.6) is 0 Å². The summed E-state index contributed by atoms with van der Waals surface area (Å²) < 4.78 is 0. The van der Waals surface area contributed by atoms with E-state index in [1.807, 2.05) is 0 Å². The van der Waals surface area contributed by atoms with Crippen molar-refractivity contribution < 1.29 is 0 Å². The second-order valence-corrected chi connectivity index (χ2v) is 6.99. The predicted octanol–water partition coefficient (Wildman–Crippen LogP) is 4.76. The summed E-state index contributed by atoms with van der Waals surface area (Å²) in [5.41, 5.74) is 0.456. The maximum absolute atomic E-state index is 4.03. The van der Waals surface area contributed by atoms with E-state index in [0.29, 0.717) is 5.54 Å². The van der Waals surface area contributed by atoms with E-state index in [2.05, 4.69) is 26.1 Å². The molecule has 1 saturated heterocycles. The molecule has 106 valence electrons.